The molecule has 5 nitrogen and oxygen atoms in total. The number of nitrogens with zero attached hydrogens (tertiary/aromatic N) is 2. The lowest BCUT2D eigenvalue weighted by Crippen LogP contribution is -2.01. The van der Waals surface area contributed by atoms with E-state index in [0.717, 1.165) is 6.42 Å². The highest BCUT2D eigenvalue weighted by molar-refractivity contribution is 7.80. The molecular formula is C7H11N3O2S. The van der Waals surface area contributed by atoms with Crippen LogP contribution in [0.5, 0.6) is 0 Å². The van der Waals surface area contributed by atoms with Crippen molar-refractivity contribution in [1.29, 1.82) is 0 Å². The van der Waals surface area contributed by atoms with Crippen LogP contribution in [-0.4, -0.2) is 20.6 Å². The summed E-state index contributed by atoms with van der Waals surface area (Å²) in [5.74, 6) is 1.39. The summed E-state index contributed by atoms with van der Waals surface area (Å²) in [7, 11) is 0. The molecule has 0 fully saturated rings. The molecule has 6 heteroatoms. The first kappa shape index (κ1) is 10.0. The quantitative estimate of drug-likeness (QED) is 0.443. The lowest BCUT2D eigenvalue weighted by Gasteiger charge is -2.03. The topological polar surface area (TPSA) is 71.8 Å². The highest BCUT2D eigenvalue weighted by Crippen LogP contribution is 2.19. The summed E-state index contributed by atoms with van der Waals surface area (Å²) in [6, 6.07) is 0. The van der Waals surface area contributed by atoms with E-state index >= 15 is 0 Å². The van der Waals surface area contributed by atoms with Gasteiger partial charge in [-0.2, -0.15) is 12.6 Å². The molecule has 1 atom stereocenters. The Bertz CT molecular complexity index is 296. The van der Waals surface area contributed by atoms with Crippen LogP contribution in [0.25, 0.3) is 0 Å². The number of thiol groups is 1. The largest absolute Gasteiger partial charge is 0.358 e. The fourth-order valence-corrected chi connectivity index (χ4v) is 1.47. The van der Waals surface area contributed by atoms with Crippen molar-refractivity contribution in [3.05, 3.63) is 22.1 Å². The number of imidazole rings is 1. The minimum Gasteiger partial charge on any atom is -0.358 e. The third-order valence-corrected chi connectivity index (χ3v) is 2.32. The molecule has 0 aliphatic rings. The summed E-state index contributed by atoms with van der Waals surface area (Å²) in [4.78, 5) is 16.4. The van der Waals surface area contributed by atoms with E-state index in [4.69, 9.17) is 0 Å². The van der Waals surface area contributed by atoms with Gasteiger partial charge < -0.3 is 10.1 Å². The Hall–Kier alpha value is -1.04. The number of aromatic nitrogens is 2. The van der Waals surface area contributed by atoms with E-state index in [1.54, 1.807) is 0 Å². The predicted molar refractivity (Wildman–Crippen MR) is 52.1 cm³/mol. The monoisotopic (exact) mass is 201 g/mol. The molecule has 0 bridgehead atoms. The molecule has 1 aromatic heterocycles. The molecule has 1 heterocycles. The van der Waals surface area contributed by atoms with Crippen LogP contribution in [-0.2, 0) is 0 Å². The van der Waals surface area contributed by atoms with Gasteiger partial charge in [0.2, 0.25) is 0 Å². The summed E-state index contributed by atoms with van der Waals surface area (Å²) < 4.78 is 0. The van der Waals surface area contributed by atoms with Crippen molar-refractivity contribution in [2.24, 2.45) is 0 Å². The van der Waals surface area contributed by atoms with E-state index in [-0.39, 0.29) is 11.7 Å². The zero-order valence-corrected chi connectivity index (χ0v) is 8.12. The van der Waals surface area contributed by atoms with E-state index in [1.165, 1.54) is 6.20 Å². The first-order chi connectivity index (χ1) is 6.19. The molecule has 0 aromatic carbocycles. The second-order valence-electron chi connectivity index (χ2n) is 2.70. The molecule has 72 valence electrons. The summed E-state index contributed by atoms with van der Waals surface area (Å²) in [5.41, 5.74) is 0. The van der Waals surface area contributed by atoms with Gasteiger partial charge in [0.15, 0.2) is 5.82 Å². The fourth-order valence-electron chi connectivity index (χ4n) is 1.04. The summed E-state index contributed by atoms with van der Waals surface area (Å²) >= 11 is 4.14. The zero-order chi connectivity index (χ0) is 9.84. The van der Waals surface area contributed by atoms with Crippen molar-refractivity contribution in [2.75, 3.05) is 5.75 Å². The number of aromatic amines is 1. The van der Waals surface area contributed by atoms with Gasteiger partial charge in [0.1, 0.15) is 6.20 Å². The second-order valence-corrected chi connectivity index (χ2v) is 3.06. The summed E-state index contributed by atoms with van der Waals surface area (Å²) in [6.45, 7) is 2.00. The zero-order valence-electron chi connectivity index (χ0n) is 7.23. The third-order valence-electron chi connectivity index (χ3n) is 1.88. The van der Waals surface area contributed by atoms with Gasteiger partial charge in [-0.1, -0.05) is 6.92 Å². The molecule has 1 aromatic rings. The van der Waals surface area contributed by atoms with Crippen molar-refractivity contribution in [1.82, 2.24) is 9.97 Å². The summed E-state index contributed by atoms with van der Waals surface area (Å²) in [5, 5.41) is 10.3. The SMILES string of the molecule is CCC(CS)c1ncc([N+](=O)[O-])[nH]1. The van der Waals surface area contributed by atoms with Gasteiger partial charge in [0.25, 0.3) is 0 Å². The molecule has 1 N–H and O–H groups in total. The van der Waals surface area contributed by atoms with Gasteiger partial charge in [0, 0.05) is 11.7 Å². The first-order valence-electron chi connectivity index (χ1n) is 3.99. The van der Waals surface area contributed by atoms with E-state index in [2.05, 4.69) is 22.6 Å². The van der Waals surface area contributed by atoms with Gasteiger partial charge in [-0.25, -0.2) is 9.97 Å². The molecule has 0 aliphatic heterocycles. The Morgan fingerprint density at radius 1 is 1.85 bits per heavy atom. The van der Waals surface area contributed by atoms with Crippen molar-refractivity contribution in [2.45, 2.75) is 19.3 Å². The van der Waals surface area contributed by atoms with Crippen molar-refractivity contribution < 1.29 is 4.92 Å². The number of rotatable bonds is 4. The van der Waals surface area contributed by atoms with Crippen molar-refractivity contribution in [3.63, 3.8) is 0 Å². The molecular weight excluding hydrogens is 190 g/mol. The Balaban J connectivity index is 2.84. The Labute approximate surface area is 81.1 Å². The smallest absolute Gasteiger partial charge is 0.340 e. The highest BCUT2D eigenvalue weighted by atomic mass is 32.1. The van der Waals surface area contributed by atoms with Crippen LogP contribution in [0.2, 0.25) is 0 Å². The number of nitro groups is 1. The molecule has 0 saturated carbocycles. The Kier molecular flexibility index (Phi) is 3.30. The standard InChI is InChI=1S/C7H11N3O2S/c1-2-5(4-13)7-8-3-6(9-7)10(11)12/h3,5,13H,2,4H2,1H3,(H,8,9). The Morgan fingerprint density at radius 3 is 2.92 bits per heavy atom. The van der Waals surface area contributed by atoms with Crippen molar-refractivity contribution >= 4 is 18.4 Å². The minimum absolute atomic E-state index is 0.0600. The molecule has 0 saturated heterocycles. The molecule has 1 unspecified atom stereocenters. The lowest BCUT2D eigenvalue weighted by atomic mass is 10.1. The first-order valence-corrected chi connectivity index (χ1v) is 4.62. The van der Waals surface area contributed by atoms with E-state index in [9.17, 15) is 10.1 Å². The average Bonchev–Trinajstić information content (AvgIpc) is 2.56. The number of hydrogen-bond acceptors (Lipinski definition) is 4. The molecule has 1 rings (SSSR count). The predicted octanol–water partition coefficient (Wildman–Crippen LogP) is 1.74. The maximum atomic E-state index is 10.3. The fraction of sp³-hybridized carbons (Fsp3) is 0.571. The number of hydrogen-bond donors (Lipinski definition) is 2. The second kappa shape index (κ2) is 4.27. The van der Waals surface area contributed by atoms with Crippen LogP contribution in [0.4, 0.5) is 5.82 Å². The van der Waals surface area contributed by atoms with Gasteiger partial charge in [-0.3, -0.25) is 0 Å². The van der Waals surface area contributed by atoms with Crippen LogP contribution >= 0.6 is 12.6 Å². The maximum absolute atomic E-state index is 10.3. The van der Waals surface area contributed by atoms with Gasteiger partial charge >= 0.3 is 5.82 Å². The lowest BCUT2D eigenvalue weighted by molar-refractivity contribution is -0.389. The van der Waals surface area contributed by atoms with Gasteiger partial charge in [0.05, 0.1) is 0 Å². The molecule has 0 aliphatic carbocycles. The molecule has 13 heavy (non-hydrogen) atoms. The normalized spacial score (nSPS) is 12.8. The molecule has 0 radical (unpaired) electrons. The van der Waals surface area contributed by atoms with Crippen LogP contribution in [0.15, 0.2) is 6.20 Å². The van der Waals surface area contributed by atoms with Gasteiger partial charge in [-0.15, -0.1) is 0 Å². The van der Waals surface area contributed by atoms with Crippen LogP contribution in [0, 0.1) is 10.1 Å². The van der Waals surface area contributed by atoms with Crippen LogP contribution < -0.4 is 0 Å². The highest BCUT2D eigenvalue weighted by Gasteiger charge is 2.17. The van der Waals surface area contributed by atoms with Crippen LogP contribution in [0.3, 0.4) is 0 Å². The maximum Gasteiger partial charge on any atom is 0.340 e. The summed E-state index contributed by atoms with van der Waals surface area (Å²) in [6.07, 6.45) is 2.11. The third kappa shape index (κ3) is 2.21. The minimum atomic E-state index is -0.484. The van der Waals surface area contributed by atoms with Gasteiger partial charge in [-0.05, 0) is 11.3 Å². The van der Waals surface area contributed by atoms with E-state index in [0.29, 0.717) is 11.6 Å². The van der Waals surface area contributed by atoms with Crippen molar-refractivity contribution in [3.8, 4) is 0 Å². The van der Waals surface area contributed by atoms with E-state index < -0.39 is 4.92 Å². The molecule has 0 spiro atoms. The number of nitrogens with one attached hydrogen (secondary N) is 1. The number of H-pyrrole nitrogens is 1. The van der Waals surface area contributed by atoms with Crippen LogP contribution in [0.1, 0.15) is 25.1 Å². The van der Waals surface area contributed by atoms with E-state index in [1.807, 2.05) is 6.92 Å². The average molecular weight is 201 g/mol. The Morgan fingerprint density at radius 2 is 2.54 bits per heavy atom. The molecule has 0 amide bonds.